The highest BCUT2D eigenvalue weighted by Crippen LogP contribution is 2.34. The number of nitrogens with one attached hydrogen (secondary N) is 2. The minimum atomic E-state index is 0.622. The number of thioether (sulfide) groups is 1. The van der Waals surface area contributed by atoms with Crippen molar-refractivity contribution in [1.29, 1.82) is 0 Å². The number of aliphatic imine (C=N–C) groups is 1. The average molecular weight is 269 g/mol. The second kappa shape index (κ2) is 6.69. The summed E-state index contributed by atoms with van der Waals surface area (Å²) >= 11 is 2.00. The zero-order chi connectivity index (χ0) is 13.0. The van der Waals surface area contributed by atoms with E-state index in [0.717, 1.165) is 17.1 Å². The van der Waals surface area contributed by atoms with Crippen molar-refractivity contribution >= 4 is 17.7 Å². The predicted octanol–water partition coefficient (Wildman–Crippen LogP) is 2.62. The summed E-state index contributed by atoms with van der Waals surface area (Å²) in [6, 6.07) is 1.30. The number of guanidine groups is 1. The van der Waals surface area contributed by atoms with E-state index in [9.17, 15) is 0 Å². The molecular weight excluding hydrogens is 242 g/mol. The zero-order valence-electron chi connectivity index (χ0n) is 11.9. The topological polar surface area (TPSA) is 36.4 Å². The lowest BCUT2D eigenvalue weighted by molar-refractivity contribution is 0.603. The SMILES string of the molecule is CCCC1CC1NC(=NC)NC1CCC(SC)C1. The van der Waals surface area contributed by atoms with Crippen molar-refractivity contribution in [2.75, 3.05) is 13.3 Å². The molecule has 2 N–H and O–H groups in total. The lowest BCUT2D eigenvalue weighted by Gasteiger charge is -2.17. The molecule has 4 atom stereocenters. The van der Waals surface area contributed by atoms with E-state index >= 15 is 0 Å². The standard InChI is InChI=1S/C14H27N3S/c1-4-5-10-8-13(10)17-14(15-2)16-11-6-7-12(9-11)18-3/h10-13H,4-9H2,1-3H3,(H2,15,16,17). The first kappa shape index (κ1) is 14.0. The third-order valence-corrected chi connectivity index (χ3v) is 5.28. The Hall–Kier alpha value is -0.380. The number of rotatable bonds is 5. The van der Waals surface area contributed by atoms with Gasteiger partial charge in [-0.05, 0) is 44.3 Å². The van der Waals surface area contributed by atoms with Crippen LogP contribution in [0.2, 0.25) is 0 Å². The van der Waals surface area contributed by atoms with Crippen LogP contribution in [0.4, 0.5) is 0 Å². The summed E-state index contributed by atoms with van der Waals surface area (Å²) in [5.74, 6) is 1.90. The summed E-state index contributed by atoms with van der Waals surface area (Å²) in [7, 11) is 1.88. The monoisotopic (exact) mass is 269 g/mol. The summed E-state index contributed by atoms with van der Waals surface area (Å²) in [6.07, 6.45) is 10.1. The molecule has 0 heterocycles. The Balaban J connectivity index is 1.71. The summed E-state index contributed by atoms with van der Waals surface area (Å²) in [5.41, 5.74) is 0. The fourth-order valence-corrected chi connectivity index (χ4v) is 3.74. The minimum Gasteiger partial charge on any atom is -0.354 e. The first-order valence-corrected chi connectivity index (χ1v) is 8.58. The molecule has 104 valence electrons. The van der Waals surface area contributed by atoms with Gasteiger partial charge in [0.25, 0.3) is 0 Å². The maximum absolute atomic E-state index is 4.36. The number of hydrogen-bond donors (Lipinski definition) is 2. The Morgan fingerprint density at radius 3 is 2.72 bits per heavy atom. The van der Waals surface area contributed by atoms with Gasteiger partial charge in [-0.2, -0.15) is 11.8 Å². The lowest BCUT2D eigenvalue weighted by Crippen LogP contribution is -2.43. The van der Waals surface area contributed by atoms with E-state index in [1.807, 2.05) is 18.8 Å². The molecule has 0 radical (unpaired) electrons. The average Bonchev–Trinajstić information content (AvgIpc) is 2.93. The molecule has 0 aromatic heterocycles. The second-order valence-corrected chi connectivity index (χ2v) is 6.76. The fourth-order valence-electron chi connectivity index (χ4n) is 2.94. The molecule has 4 heteroatoms. The van der Waals surface area contributed by atoms with Crippen LogP contribution in [0.5, 0.6) is 0 Å². The molecule has 3 nitrogen and oxygen atoms in total. The summed E-state index contributed by atoms with van der Waals surface area (Å²) in [6.45, 7) is 2.27. The molecule has 2 saturated carbocycles. The molecule has 2 rings (SSSR count). The van der Waals surface area contributed by atoms with E-state index < -0.39 is 0 Å². The van der Waals surface area contributed by atoms with Crippen LogP contribution >= 0.6 is 11.8 Å². The van der Waals surface area contributed by atoms with E-state index in [2.05, 4.69) is 28.8 Å². The molecular formula is C14H27N3S. The summed E-state index contributed by atoms with van der Waals surface area (Å²) in [4.78, 5) is 4.36. The van der Waals surface area contributed by atoms with Crippen LogP contribution in [0, 0.1) is 5.92 Å². The molecule has 18 heavy (non-hydrogen) atoms. The molecule has 4 unspecified atom stereocenters. The van der Waals surface area contributed by atoms with Crippen LogP contribution in [0.3, 0.4) is 0 Å². The predicted molar refractivity (Wildman–Crippen MR) is 81.4 cm³/mol. The van der Waals surface area contributed by atoms with E-state index in [1.165, 1.54) is 38.5 Å². The van der Waals surface area contributed by atoms with Crippen molar-refractivity contribution in [3.05, 3.63) is 0 Å². The highest BCUT2D eigenvalue weighted by Gasteiger charge is 2.37. The van der Waals surface area contributed by atoms with Gasteiger partial charge in [0.05, 0.1) is 0 Å². The van der Waals surface area contributed by atoms with Crippen LogP contribution in [0.1, 0.15) is 45.4 Å². The van der Waals surface area contributed by atoms with Crippen LogP contribution < -0.4 is 10.6 Å². The molecule has 0 saturated heterocycles. The van der Waals surface area contributed by atoms with Crippen molar-refractivity contribution in [2.45, 2.75) is 62.8 Å². The molecule has 0 spiro atoms. The summed E-state index contributed by atoms with van der Waals surface area (Å²) < 4.78 is 0. The van der Waals surface area contributed by atoms with E-state index in [0.29, 0.717) is 12.1 Å². The van der Waals surface area contributed by atoms with Gasteiger partial charge in [0.2, 0.25) is 0 Å². The quantitative estimate of drug-likeness (QED) is 0.595. The fraction of sp³-hybridized carbons (Fsp3) is 0.929. The van der Waals surface area contributed by atoms with Gasteiger partial charge in [-0.3, -0.25) is 4.99 Å². The Kier molecular flexibility index (Phi) is 5.22. The minimum absolute atomic E-state index is 0.622. The Labute approximate surface area is 116 Å². The van der Waals surface area contributed by atoms with Gasteiger partial charge in [-0.15, -0.1) is 0 Å². The van der Waals surface area contributed by atoms with Gasteiger partial charge in [0, 0.05) is 24.4 Å². The number of nitrogens with zero attached hydrogens (tertiary/aromatic N) is 1. The lowest BCUT2D eigenvalue weighted by atomic mass is 10.2. The van der Waals surface area contributed by atoms with Crippen molar-refractivity contribution < 1.29 is 0 Å². The summed E-state index contributed by atoms with van der Waals surface area (Å²) in [5, 5.41) is 8.00. The van der Waals surface area contributed by atoms with Crippen LogP contribution in [0.15, 0.2) is 4.99 Å². The zero-order valence-corrected chi connectivity index (χ0v) is 12.7. The molecule has 2 fully saturated rings. The second-order valence-electron chi connectivity index (χ2n) is 5.62. The first-order chi connectivity index (χ1) is 8.76. The Morgan fingerprint density at radius 1 is 1.28 bits per heavy atom. The molecule has 0 bridgehead atoms. The van der Waals surface area contributed by atoms with E-state index in [-0.39, 0.29) is 0 Å². The van der Waals surface area contributed by atoms with E-state index in [1.54, 1.807) is 0 Å². The van der Waals surface area contributed by atoms with Gasteiger partial charge in [0.15, 0.2) is 5.96 Å². The molecule has 0 amide bonds. The highest BCUT2D eigenvalue weighted by atomic mass is 32.2. The van der Waals surface area contributed by atoms with Gasteiger partial charge in [-0.1, -0.05) is 13.3 Å². The third-order valence-electron chi connectivity index (χ3n) is 4.19. The molecule has 0 aromatic rings. The van der Waals surface area contributed by atoms with E-state index in [4.69, 9.17) is 0 Å². The maximum Gasteiger partial charge on any atom is 0.191 e. The van der Waals surface area contributed by atoms with Crippen molar-refractivity contribution in [3.63, 3.8) is 0 Å². The molecule has 2 aliphatic carbocycles. The van der Waals surface area contributed by atoms with Crippen LogP contribution in [-0.4, -0.2) is 36.6 Å². The van der Waals surface area contributed by atoms with Gasteiger partial charge < -0.3 is 10.6 Å². The molecule has 0 aliphatic heterocycles. The smallest absolute Gasteiger partial charge is 0.191 e. The van der Waals surface area contributed by atoms with Crippen molar-refractivity contribution in [3.8, 4) is 0 Å². The highest BCUT2D eigenvalue weighted by molar-refractivity contribution is 7.99. The van der Waals surface area contributed by atoms with Gasteiger partial charge in [0.1, 0.15) is 0 Å². The first-order valence-electron chi connectivity index (χ1n) is 7.29. The normalized spacial score (nSPS) is 35.6. The van der Waals surface area contributed by atoms with Crippen molar-refractivity contribution in [2.24, 2.45) is 10.9 Å². The maximum atomic E-state index is 4.36. The van der Waals surface area contributed by atoms with Crippen LogP contribution in [-0.2, 0) is 0 Å². The Bertz CT molecular complexity index is 293. The third kappa shape index (κ3) is 3.81. The Morgan fingerprint density at radius 2 is 2.11 bits per heavy atom. The van der Waals surface area contributed by atoms with Crippen LogP contribution in [0.25, 0.3) is 0 Å². The number of hydrogen-bond acceptors (Lipinski definition) is 2. The largest absolute Gasteiger partial charge is 0.354 e. The van der Waals surface area contributed by atoms with Gasteiger partial charge in [-0.25, -0.2) is 0 Å². The molecule has 0 aromatic carbocycles. The molecule has 2 aliphatic rings. The van der Waals surface area contributed by atoms with Gasteiger partial charge >= 0.3 is 0 Å². The van der Waals surface area contributed by atoms with Crippen molar-refractivity contribution in [1.82, 2.24) is 10.6 Å².